The maximum Gasteiger partial charge on any atom is 0.320 e. The maximum atomic E-state index is 11.7. The number of hydrogen-bond acceptors (Lipinski definition) is 6. The molecule has 7 heteroatoms. The van der Waals surface area contributed by atoms with Crippen molar-refractivity contribution in [2.24, 2.45) is 0 Å². The van der Waals surface area contributed by atoms with E-state index in [0.29, 0.717) is 36.0 Å². The molecule has 0 spiro atoms. The molecule has 0 radical (unpaired) electrons. The lowest BCUT2D eigenvalue weighted by atomic mass is 10.2. The summed E-state index contributed by atoms with van der Waals surface area (Å²) >= 11 is 5.87. The Bertz CT molecular complexity index is 667. The van der Waals surface area contributed by atoms with Crippen molar-refractivity contribution in [3.63, 3.8) is 0 Å². The minimum Gasteiger partial charge on any atom is -0.465 e. The highest BCUT2D eigenvalue weighted by atomic mass is 35.5. The number of hydrogen-bond donors (Lipinski definition) is 0. The molecule has 0 unspecified atom stereocenters. The lowest BCUT2D eigenvalue weighted by molar-refractivity contribution is -0.144. The number of carbonyl (C=O) groups is 1. The van der Waals surface area contributed by atoms with Crippen LogP contribution in [0, 0.1) is 0 Å². The number of rotatable bonds is 7. The lowest BCUT2D eigenvalue weighted by Gasteiger charge is -2.18. The third-order valence-electron chi connectivity index (χ3n) is 3.60. The summed E-state index contributed by atoms with van der Waals surface area (Å²) in [5.41, 5.74) is 0.816. The van der Waals surface area contributed by atoms with Gasteiger partial charge < -0.3 is 9.15 Å². The van der Waals surface area contributed by atoms with E-state index in [0.717, 1.165) is 18.4 Å². The van der Waals surface area contributed by atoms with Crippen LogP contribution in [0.5, 0.6) is 0 Å². The summed E-state index contributed by atoms with van der Waals surface area (Å²) < 4.78 is 10.7. The quantitative estimate of drug-likeness (QED) is 0.725. The summed E-state index contributed by atoms with van der Waals surface area (Å²) in [6.45, 7) is 2.88. The summed E-state index contributed by atoms with van der Waals surface area (Å²) in [5, 5.41) is 8.79. The van der Waals surface area contributed by atoms with Crippen LogP contribution in [0.3, 0.4) is 0 Å². The number of benzene rings is 1. The zero-order valence-electron chi connectivity index (χ0n) is 12.9. The molecule has 0 amide bonds. The molecule has 0 saturated heterocycles. The third-order valence-corrected chi connectivity index (χ3v) is 3.85. The van der Waals surface area contributed by atoms with Gasteiger partial charge in [-0.15, -0.1) is 10.2 Å². The first kappa shape index (κ1) is 16.0. The molecule has 122 valence electrons. The smallest absolute Gasteiger partial charge is 0.320 e. The highest BCUT2D eigenvalue weighted by molar-refractivity contribution is 6.30. The summed E-state index contributed by atoms with van der Waals surface area (Å²) in [6, 6.07) is 7.61. The fourth-order valence-corrected chi connectivity index (χ4v) is 2.45. The Labute approximate surface area is 139 Å². The first-order chi connectivity index (χ1) is 11.2. The van der Waals surface area contributed by atoms with Gasteiger partial charge in [-0.05, 0) is 44.0 Å². The van der Waals surface area contributed by atoms with Crippen LogP contribution in [0.4, 0.5) is 0 Å². The SMILES string of the molecule is CCOC(=O)CN(Cc1nnc(-c2ccc(Cl)cc2)o1)C1CC1. The Kier molecular flexibility index (Phi) is 4.93. The summed E-state index contributed by atoms with van der Waals surface area (Å²) in [4.78, 5) is 13.7. The second-order valence-corrected chi connectivity index (χ2v) is 5.89. The number of esters is 1. The molecule has 1 heterocycles. The molecular formula is C16H18ClN3O3. The minimum absolute atomic E-state index is 0.225. The number of ether oxygens (including phenoxy) is 1. The van der Waals surface area contributed by atoms with Crippen LogP contribution in [0.1, 0.15) is 25.7 Å². The lowest BCUT2D eigenvalue weighted by Crippen LogP contribution is -2.32. The Balaban J connectivity index is 1.66. The molecular weight excluding hydrogens is 318 g/mol. The van der Waals surface area contributed by atoms with E-state index in [9.17, 15) is 4.79 Å². The van der Waals surface area contributed by atoms with E-state index in [1.165, 1.54) is 0 Å². The van der Waals surface area contributed by atoms with Crippen molar-refractivity contribution >= 4 is 17.6 Å². The van der Waals surface area contributed by atoms with E-state index < -0.39 is 0 Å². The number of carbonyl (C=O) groups excluding carboxylic acids is 1. The van der Waals surface area contributed by atoms with Gasteiger partial charge in [0.05, 0.1) is 19.7 Å². The van der Waals surface area contributed by atoms with Crippen LogP contribution < -0.4 is 0 Å². The molecule has 0 N–H and O–H groups in total. The highest BCUT2D eigenvalue weighted by Gasteiger charge is 2.31. The van der Waals surface area contributed by atoms with Gasteiger partial charge in [-0.1, -0.05) is 11.6 Å². The average Bonchev–Trinajstić information content (AvgIpc) is 3.28. The monoisotopic (exact) mass is 335 g/mol. The molecule has 0 aliphatic heterocycles. The van der Waals surface area contributed by atoms with Crippen LogP contribution in [0.25, 0.3) is 11.5 Å². The van der Waals surface area contributed by atoms with E-state index in [1.807, 2.05) is 17.0 Å². The van der Waals surface area contributed by atoms with Crippen molar-refractivity contribution in [3.8, 4) is 11.5 Å². The predicted molar refractivity (Wildman–Crippen MR) is 84.8 cm³/mol. The molecule has 1 saturated carbocycles. The van der Waals surface area contributed by atoms with Gasteiger partial charge in [0.2, 0.25) is 11.8 Å². The average molecular weight is 336 g/mol. The zero-order valence-corrected chi connectivity index (χ0v) is 13.6. The molecule has 2 aromatic rings. The van der Waals surface area contributed by atoms with Crippen LogP contribution in [0.2, 0.25) is 5.02 Å². The second kappa shape index (κ2) is 7.10. The van der Waals surface area contributed by atoms with Gasteiger partial charge in [0.1, 0.15) is 0 Å². The normalized spacial score (nSPS) is 14.2. The van der Waals surface area contributed by atoms with E-state index in [-0.39, 0.29) is 12.5 Å². The number of nitrogens with zero attached hydrogens (tertiary/aromatic N) is 3. The standard InChI is InChI=1S/C16H18ClN3O3/c1-2-22-15(21)10-20(13-7-8-13)9-14-18-19-16(23-14)11-3-5-12(17)6-4-11/h3-6,13H,2,7-10H2,1H3. The zero-order chi connectivity index (χ0) is 16.2. The molecule has 1 aromatic heterocycles. The largest absolute Gasteiger partial charge is 0.465 e. The Morgan fingerprint density at radius 2 is 2.09 bits per heavy atom. The van der Waals surface area contributed by atoms with Crippen LogP contribution in [-0.4, -0.2) is 40.3 Å². The molecule has 0 bridgehead atoms. The molecule has 0 atom stereocenters. The van der Waals surface area contributed by atoms with Gasteiger partial charge in [-0.25, -0.2) is 0 Å². The molecule has 1 aromatic carbocycles. The van der Waals surface area contributed by atoms with Crippen molar-refractivity contribution < 1.29 is 13.9 Å². The number of halogens is 1. The summed E-state index contributed by atoms with van der Waals surface area (Å²) in [7, 11) is 0. The summed E-state index contributed by atoms with van der Waals surface area (Å²) in [6.07, 6.45) is 2.16. The van der Waals surface area contributed by atoms with Crippen molar-refractivity contribution in [2.75, 3.05) is 13.2 Å². The number of aromatic nitrogens is 2. The van der Waals surface area contributed by atoms with Crippen LogP contribution in [0.15, 0.2) is 28.7 Å². The van der Waals surface area contributed by atoms with E-state index in [4.69, 9.17) is 20.8 Å². The Morgan fingerprint density at radius 3 is 2.74 bits per heavy atom. The van der Waals surface area contributed by atoms with Crippen molar-refractivity contribution in [1.82, 2.24) is 15.1 Å². The first-order valence-corrected chi connectivity index (χ1v) is 8.01. The molecule has 1 fully saturated rings. The molecule has 1 aliphatic carbocycles. The fraction of sp³-hybridized carbons (Fsp3) is 0.438. The summed E-state index contributed by atoms with van der Waals surface area (Å²) in [5.74, 6) is 0.714. The highest BCUT2D eigenvalue weighted by Crippen LogP contribution is 2.28. The van der Waals surface area contributed by atoms with Crippen LogP contribution >= 0.6 is 11.6 Å². The topological polar surface area (TPSA) is 68.5 Å². The maximum absolute atomic E-state index is 11.7. The van der Waals surface area contributed by atoms with E-state index in [2.05, 4.69) is 10.2 Å². The van der Waals surface area contributed by atoms with E-state index in [1.54, 1.807) is 19.1 Å². The molecule has 23 heavy (non-hydrogen) atoms. The molecule has 3 rings (SSSR count). The van der Waals surface area contributed by atoms with E-state index >= 15 is 0 Å². The molecule has 1 aliphatic rings. The van der Waals surface area contributed by atoms with Crippen molar-refractivity contribution in [3.05, 3.63) is 35.2 Å². The molecule has 6 nitrogen and oxygen atoms in total. The van der Waals surface area contributed by atoms with Gasteiger partial charge in [0.25, 0.3) is 0 Å². The Morgan fingerprint density at radius 1 is 1.35 bits per heavy atom. The second-order valence-electron chi connectivity index (χ2n) is 5.45. The first-order valence-electron chi connectivity index (χ1n) is 7.63. The Hall–Kier alpha value is -1.92. The van der Waals surface area contributed by atoms with Gasteiger partial charge in [0, 0.05) is 16.6 Å². The van der Waals surface area contributed by atoms with Crippen molar-refractivity contribution in [1.29, 1.82) is 0 Å². The fourth-order valence-electron chi connectivity index (χ4n) is 2.33. The van der Waals surface area contributed by atoms with Crippen LogP contribution in [-0.2, 0) is 16.1 Å². The van der Waals surface area contributed by atoms with Gasteiger partial charge in [-0.2, -0.15) is 0 Å². The predicted octanol–water partition coefficient (Wildman–Crippen LogP) is 2.92. The van der Waals surface area contributed by atoms with Crippen molar-refractivity contribution in [2.45, 2.75) is 32.4 Å². The van der Waals surface area contributed by atoms with Gasteiger partial charge >= 0.3 is 5.97 Å². The van der Waals surface area contributed by atoms with Gasteiger partial charge in [0.15, 0.2) is 0 Å². The third kappa shape index (κ3) is 4.30. The van der Waals surface area contributed by atoms with Gasteiger partial charge in [-0.3, -0.25) is 9.69 Å². The minimum atomic E-state index is -0.225.